The van der Waals surface area contributed by atoms with E-state index in [0.717, 1.165) is 36.8 Å². The van der Waals surface area contributed by atoms with Crippen LogP contribution in [-0.2, 0) is 14.9 Å². The van der Waals surface area contributed by atoms with Gasteiger partial charge >= 0.3 is 5.97 Å². The fourth-order valence-corrected chi connectivity index (χ4v) is 2.48. The number of hydrogen-bond donors (Lipinski definition) is 0. The molecule has 0 radical (unpaired) electrons. The van der Waals surface area contributed by atoms with Gasteiger partial charge < -0.3 is 4.74 Å². The lowest BCUT2D eigenvalue weighted by Crippen LogP contribution is -2.25. The molecule has 2 heteroatoms. The summed E-state index contributed by atoms with van der Waals surface area (Å²) >= 11 is 0. The molecular weight excluding hydrogens is 236 g/mol. The van der Waals surface area contributed by atoms with Gasteiger partial charge in [-0.2, -0.15) is 0 Å². The van der Waals surface area contributed by atoms with Crippen LogP contribution in [0.15, 0.2) is 42.0 Å². The number of hydrogen-bond acceptors (Lipinski definition) is 2. The molecule has 0 saturated heterocycles. The van der Waals surface area contributed by atoms with Crippen molar-refractivity contribution in [2.24, 2.45) is 0 Å². The Morgan fingerprint density at radius 1 is 1.32 bits per heavy atom. The van der Waals surface area contributed by atoms with Gasteiger partial charge in [0.1, 0.15) is 5.41 Å². The maximum absolute atomic E-state index is 12.1. The Labute approximate surface area is 114 Å². The SMILES string of the molecule is C#CCCCCC1=CC1(C(=O)OC)c1ccccc1. The van der Waals surface area contributed by atoms with Crippen LogP contribution in [0, 0.1) is 12.3 Å². The van der Waals surface area contributed by atoms with Gasteiger partial charge in [0, 0.05) is 6.42 Å². The van der Waals surface area contributed by atoms with E-state index in [1.165, 1.54) is 7.11 Å². The van der Waals surface area contributed by atoms with Crippen molar-refractivity contribution in [1.82, 2.24) is 0 Å². The van der Waals surface area contributed by atoms with Crippen LogP contribution in [0.3, 0.4) is 0 Å². The lowest BCUT2D eigenvalue weighted by Gasteiger charge is -2.16. The smallest absolute Gasteiger partial charge is 0.324 e. The Hall–Kier alpha value is -2.01. The molecule has 2 nitrogen and oxygen atoms in total. The van der Waals surface area contributed by atoms with Gasteiger partial charge in [-0.05, 0) is 30.4 Å². The summed E-state index contributed by atoms with van der Waals surface area (Å²) in [7, 11) is 1.44. The fraction of sp³-hybridized carbons (Fsp3) is 0.353. The summed E-state index contributed by atoms with van der Waals surface area (Å²) in [5.74, 6) is 2.45. The largest absolute Gasteiger partial charge is 0.468 e. The Balaban J connectivity index is 2.06. The fourth-order valence-electron chi connectivity index (χ4n) is 2.48. The van der Waals surface area contributed by atoms with Gasteiger partial charge in [0.25, 0.3) is 0 Å². The Morgan fingerprint density at radius 2 is 2.05 bits per heavy atom. The van der Waals surface area contributed by atoms with Crippen molar-refractivity contribution in [3.05, 3.63) is 47.5 Å². The van der Waals surface area contributed by atoms with Crippen LogP contribution in [0.2, 0.25) is 0 Å². The molecule has 0 spiro atoms. The highest BCUT2D eigenvalue weighted by Crippen LogP contribution is 2.50. The second-order valence-electron chi connectivity index (χ2n) is 4.75. The highest BCUT2D eigenvalue weighted by Gasteiger charge is 2.52. The summed E-state index contributed by atoms with van der Waals surface area (Å²) in [6.07, 6.45) is 11.0. The highest BCUT2D eigenvalue weighted by atomic mass is 16.5. The molecule has 0 aromatic heterocycles. The van der Waals surface area contributed by atoms with Gasteiger partial charge in [0.05, 0.1) is 7.11 Å². The molecule has 0 N–H and O–H groups in total. The molecule has 0 heterocycles. The first kappa shape index (κ1) is 13.4. The quantitative estimate of drug-likeness (QED) is 0.337. The van der Waals surface area contributed by atoms with Crippen LogP contribution in [0.1, 0.15) is 31.2 Å². The summed E-state index contributed by atoms with van der Waals surface area (Å²) in [4.78, 5) is 12.1. The number of ether oxygens (including phenoxy) is 1. The Morgan fingerprint density at radius 3 is 2.68 bits per heavy atom. The maximum Gasteiger partial charge on any atom is 0.324 e. The summed E-state index contributed by atoms with van der Waals surface area (Å²) in [6, 6.07) is 9.79. The molecule has 19 heavy (non-hydrogen) atoms. The zero-order chi connectivity index (χ0) is 13.7. The number of benzene rings is 1. The van der Waals surface area contributed by atoms with Gasteiger partial charge in [-0.15, -0.1) is 12.3 Å². The van der Waals surface area contributed by atoms with E-state index < -0.39 is 5.41 Å². The van der Waals surface area contributed by atoms with Crippen LogP contribution in [0.25, 0.3) is 0 Å². The van der Waals surface area contributed by atoms with Crippen LogP contribution in [-0.4, -0.2) is 13.1 Å². The summed E-state index contributed by atoms with van der Waals surface area (Å²) in [6.45, 7) is 0. The van der Waals surface area contributed by atoms with E-state index in [1.807, 2.05) is 36.4 Å². The van der Waals surface area contributed by atoms with Crippen LogP contribution >= 0.6 is 0 Å². The highest BCUT2D eigenvalue weighted by molar-refractivity contribution is 5.96. The molecule has 1 aliphatic carbocycles. The molecule has 1 atom stereocenters. The molecule has 1 aromatic rings. The Bertz CT molecular complexity index is 522. The third-order valence-corrected chi connectivity index (χ3v) is 3.57. The molecule has 0 saturated carbocycles. The number of unbranched alkanes of at least 4 members (excludes halogenated alkanes) is 2. The van der Waals surface area contributed by atoms with Crippen molar-refractivity contribution in [1.29, 1.82) is 0 Å². The van der Waals surface area contributed by atoms with E-state index in [2.05, 4.69) is 5.92 Å². The van der Waals surface area contributed by atoms with Gasteiger partial charge in [0.2, 0.25) is 0 Å². The molecule has 0 bridgehead atoms. The molecule has 0 amide bonds. The Kier molecular flexibility index (Phi) is 4.06. The minimum atomic E-state index is -0.605. The van der Waals surface area contributed by atoms with Crippen molar-refractivity contribution in [2.75, 3.05) is 7.11 Å². The van der Waals surface area contributed by atoms with Crippen molar-refractivity contribution >= 4 is 5.97 Å². The van der Waals surface area contributed by atoms with Crippen LogP contribution in [0.4, 0.5) is 0 Å². The van der Waals surface area contributed by atoms with Gasteiger partial charge in [0.15, 0.2) is 0 Å². The number of carbonyl (C=O) groups is 1. The summed E-state index contributed by atoms with van der Waals surface area (Å²) in [5.41, 5.74) is 1.54. The summed E-state index contributed by atoms with van der Waals surface area (Å²) < 4.78 is 4.97. The van der Waals surface area contributed by atoms with Crippen molar-refractivity contribution in [3.63, 3.8) is 0 Å². The van der Waals surface area contributed by atoms with E-state index >= 15 is 0 Å². The normalized spacial score (nSPS) is 20.3. The van der Waals surface area contributed by atoms with E-state index in [4.69, 9.17) is 11.2 Å². The molecule has 2 rings (SSSR count). The van der Waals surface area contributed by atoms with Gasteiger partial charge in [-0.25, -0.2) is 0 Å². The van der Waals surface area contributed by atoms with Gasteiger partial charge in [-0.3, -0.25) is 4.79 Å². The van der Waals surface area contributed by atoms with Crippen molar-refractivity contribution in [3.8, 4) is 12.3 Å². The maximum atomic E-state index is 12.1. The van der Waals surface area contributed by atoms with Crippen molar-refractivity contribution in [2.45, 2.75) is 31.1 Å². The average molecular weight is 254 g/mol. The molecule has 98 valence electrons. The molecule has 0 fully saturated rings. The molecule has 1 aromatic carbocycles. The topological polar surface area (TPSA) is 26.3 Å². The first-order valence-electron chi connectivity index (χ1n) is 6.55. The first-order chi connectivity index (χ1) is 9.25. The number of carbonyl (C=O) groups excluding carboxylic acids is 1. The third-order valence-electron chi connectivity index (χ3n) is 3.57. The van der Waals surface area contributed by atoms with Crippen LogP contribution < -0.4 is 0 Å². The molecule has 0 aliphatic heterocycles. The lowest BCUT2D eigenvalue weighted by molar-refractivity contribution is -0.143. The number of esters is 1. The van der Waals surface area contributed by atoms with Crippen LogP contribution in [0.5, 0.6) is 0 Å². The molecular formula is C17H18O2. The second kappa shape index (κ2) is 5.75. The first-order valence-corrected chi connectivity index (χ1v) is 6.55. The zero-order valence-electron chi connectivity index (χ0n) is 11.2. The molecule has 1 aliphatic rings. The third kappa shape index (κ3) is 2.56. The van der Waals surface area contributed by atoms with Crippen molar-refractivity contribution < 1.29 is 9.53 Å². The predicted molar refractivity (Wildman–Crippen MR) is 75.5 cm³/mol. The van der Waals surface area contributed by atoms with E-state index in [-0.39, 0.29) is 5.97 Å². The number of rotatable bonds is 6. The van der Waals surface area contributed by atoms with E-state index in [0.29, 0.717) is 0 Å². The van der Waals surface area contributed by atoms with Gasteiger partial charge in [-0.1, -0.05) is 36.4 Å². The lowest BCUT2D eigenvalue weighted by atomic mass is 9.89. The molecule has 1 unspecified atom stereocenters. The zero-order valence-corrected chi connectivity index (χ0v) is 11.2. The average Bonchev–Trinajstić information content (AvgIpc) is 3.19. The van der Waals surface area contributed by atoms with E-state index in [9.17, 15) is 4.79 Å². The monoisotopic (exact) mass is 254 g/mol. The van der Waals surface area contributed by atoms with E-state index in [1.54, 1.807) is 0 Å². The standard InChI is InChI=1S/C17H18O2/c1-3-4-5-7-12-15-13-17(15,16(18)19-2)14-10-8-6-9-11-14/h1,6,8-11,13H,4-5,7,12H2,2H3. The minimum absolute atomic E-state index is 0.189. The number of methoxy groups -OCH3 is 1. The predicted octanol–water partition coefficient (Wildman–Crippen LogP) is 3.23. The second-order valence-corrected chi connectivity index (χ2v) is 4.75. The minimum Gasteiger partial charge on any atom is -0.468 e. The number of terminal acetylenes is 1. The summed E-state index contributed by atoms with van der Waals surface area (Å²) in [5, 5.41) is 0.